The van der Waals surface area contributed by atoms with Gasteiger partial charge < -0.3 is 14.6 Å². The summed E-state index contributed by atoms with van der Waals surface area (Å²) in [6, 6.07) is 4.08. The maximum Gasteiger partial charge on any atom is 0.126 e. The predicted octanol–water partition coefficient (Wildman–Crippen LogP) is 5.07. The van der Waals surface area contributed by atoms with E-state index in [9.17, 15) is 5.11 Å². The fourth-order valence-electron chi connectivity index (χ4n) is 3.58. The Balaban J connectivity index is 1.96. The lowest BCUT2D eigenvalue weighted by Crippen LogP contribution is -2.03. The van der Waals surface area contributed by atoms with Crippen molar-refractivity contribution in [2.24, 2.45) is 0 Å². The van der Waals surface area contributed by atoms with Crippen LogP contribution < -0.4 is 0 Å². The molecule has 2 heterocycles. The molecule has 0 radical (unpaired) electrons. The lowest BCUT2D eigenvalue weighted by atomic mass is 9.94. The number of aromatic nitrogens is 1. The van der Waals surface area contributed by atoms with E-state index in [1.165, 1.54) is 24.8 Å². The monoisotopic (exact) mass is 355 g/mol. The molecular formula is C22H29NO3. The van der Waals surface area contributed by atoms with E-state index in [1.807, 2.05) is 24.5 Å². The third-order valence-corrected chi connectivity index (χ3v) is 4.97. The van der Waals surface area contributed by atoms with Gasteiger partial charge in [0.25, 0.3) is 0 Å². The number of rotatable bonds is 1. The third-order valence-electron chi connectivity index (χ3n) is 4.97. The van der Waals surface area contributed by atoms with Gasteiger partial charge in [0.1, 0.15) is 5.75 Å². The molecule has 1 N–H and O–H groups in total. The first-order chi connectivity index (χ1) is 12.7. The summed E-state index contributed by atoms with van der Waals surface area (Å²) < 4.78 is 11.7. The quantitative estimate of drug-likeness (QED) is 0.776. The molecule has 0 unspecified atom stereocenters. The van der Waals surface area contributed by atoms with Gasteiger partial charge in [-0.1, -0.05) is 19.3 Å². The Morgan fingerprint density at radius 1 is 0.808 bits per heavy atom. The van der Waals surface area contributed by atoms with Crippen LogP contribution in [-0.2, 0) is 22.7 Å². The van der Waals surface area contributed by atoms with Gasteiger partial charge in [-0.25, -0.2) is 0 Å². The van der Waals surface area contributed by atoms with Crippen molar-refractivity contribution in [2.75, 3.05) is 13.2 Å². The molecule has 0 spiro atoms. The zero-order chi connectivity index (χ0) is 18.4. The average Bonchev–Trinajstić information content (AvgIpc) is 2.61. The van der Waals surface area contributed by atoms with E-state index in [-0.39, 0.29) is 0 Å². The maximum absolute atomic E-state index is 10.7. The van der Waals surface area contributed by atoms with E-state index in [2.05, 4.69) is 18.8 Å². The summed E-state index contributed by atoms with van der Waals surface area (Å²) in [4.78, 5) is 4.27. The molecule has 0 saturated heterocycles. The number of fused-ring (bicyclic) bond motifs is 2. The minimum atomic E-state index is 0.301. The second-order valence-corrected chi connectivity index (χ2v) is 7.16. The van der Waals surface area contributed by atoms with Gasteiger partial charge in [0.2, 0.25) is 0 Å². The van der Waals surface area contributed by atoms with Crippen molar-refractivity contribution >= 4 is 0 Å². The normalized spacial score (nSPS) is 16.8. The number of aromatic hydroxyl groups is 1. The van der Waals surface area contributed by atoms with Gasteiger partial charge in [-0.2, -0.15) is 0 Å². The summed E-state index contributed by atoms with van der Waals surface area (Å²) in [5, 5.41) is 10.7. The number of benzene rings is 1. The zero-order valence-electron chi connectivity index (χ0n) is 15.9. The van der Waals surface area contributed by atoms with E-state index in [1.54, 1.807) is 0 Å². The number of nitrogens with zero attached hydrogens (tertiary/aromatic N) is 1. The Labute approximate surface area is 156 Å². The van der Waals surface area contributed by atoms with Crippen LogP contribution in [0.1, 0.15) is 54.4 Å². The highest BCUT2D eigenvalue weighted by Gasteiger charge is 2.15. The van der Waals surface area contributed by atoms with Crippen molar-refractivity contribution in [1.82, 2.24) is 4.98 Å². The number of hydrogen-bond donors (Lipinski definition) is 1. The van der Waals surface area contributed by atoms with E-state index in [4.69, 9.17) is 9.47 Å². The molecule has 1 aliphatic heterocycles. The molecule has 2 aromatic rings. The number of hydrogen-bond acceptors (Lipinski definition) is 4. The van der Waals surface area contributed by atoms with Gasteiger partial charge >= 0.3 is 0 Å². The zero-order valence-corrected chi connectivity index (χ0v) is 15.9. The highest BCUT2D eigenvalue weighted by molar-refractivity contribution is 5.72. The van der Waals surface area contributed by atoms with Crippen LogP contribution in [0, 0.1) is 13.8 Å². The van der Waals surface area contributed by atoms with Crippen LogP contribution in [0.4, 0.5) is 0 Å². The van der Waals surface area contributed by atoms with Crippen LogP contribution in [0.15, 0.2) is 24.5 Å². The molecule has 0 amide bonds. The van der Waals surface area contributed by atoms with Crippen molar-refractivity contribution in [2.45, 2.75) is 59.2 Å². The molecule has 2 bridgehead atoms. The van der Waals surface area contributed by atoms with Crippen LogP contribution in [0.2, 0.25) is 0 Å². The minimum Gasteiger partial charge on any atom is -0.507 e. The highest BCUT2D eigenvalue weighted by atomic mass is 16.5. The number of pyridine rings is 1. The summed E-state index contributed by atoms with van der Waals surface area (Å²) in [7, 11) is 0. The van der Waals surface area contributed by atoms with Gasteiger partial charge in [-0.15, -0.1) is 0 Å². The SMILES string of the molecule is Cc1cncc(C)c1-c1cc2c(O)c(c1)COCCCCCCCOC2. The van der Waals surface area contributed by atoms with Gasteiger partial charge in [-0.05, 0) is 61.1 Å². The number of phenolic OH excluding ortho intramolecular Hbond substituents is 1. The Hall–Kier alpha value is -1.91. The van der Waals surface area contributed by atoms with Crippen LogP contribution in [0.3, 0.4) is 0 Å². The largest absolute Gasteiger partial charge is 0.507 e. The molecule has 0 saturated carbocycles. The Kier molecular flexibility index (Phi) is 6.64. The summed E-state index contributed by atoms with van der Waals surface area (Å²) in [5.41, 5.74) is 6.17. The highest BCUT2D eigenvalue weighted by Crippen LogP contribution is 2.34. The number of aryl methyl sites for hydroxylation is 2. The van der Waals surface area contributed by atoms with E-state index in [0.717, 1.165) is 53.9 Å². The molecule has 1 aromatic heterocycles. The molecule has 26 heavy (non-hydrogen) atoms. The smallest absolute Gasteiger partial charge is 0.126 e. The first-order valence-corrected chi connectivity index (χ1v) is 9.58. The molecule has 1 aromatic carbocycles. The lowest BCUT2D eigenvalue weighted by Gasteiger charge is -2.17. The van der Waals surface area contributed by atoms with Crippen molar-refractivity contribution in [1.29, 1.82) is 0 Å². The van der Waals surface area contributed by atoms with Crippen molar-refractivity contribution < 1.29 is 14.6 Å². The second kappa shape index (κ2) is 9.15. The van der Waals surface area contributed by atoms with Crippen LogP contribution in [0.25, 0.3) is 11.1 Å². The second-order valence-electron chi connectivity index (χ2n) is 7.16. The predicted molar refractivity (Wildman–Crippen MR) is 103 cm³/mol. The summed E-state index contributed by atoms with van der Waals surface area (Å²) in [6.45, 7) is 6.47. The topological polar surface area (TPSA) is 51.6 Å². The van der Waals surface area contributed by atoms with Crippen LogP contribution in [0.5, 0.6) is 5.75 Å². The molecule has 0 fully saturated rings. The molecule has 140 valence electrons. The Bertz CT molecular complexity index is 689. The molecule has 3 rings (SSSR count). The van der Waals surface area contributed by atoms with Crippen LogP contribution in [-0.4, -0.2) is 23.3 Å². The van der Waals surface area contributed by atoms with E-state index >= 15 is 0 Å². The molecule has 1 aliphatic rings. The Morgan fingerprint density at radius 3 is 1.85 bits per heavy atom. The molecule has 4 heteroatoms. The van der Waals surface area contributed by atoms with E-state index in [0.29, 0.717) is 19.0 Å². The molecule has 0 atom stereocenters. The molecule has 0 aliphatic carbocycles. The van der Waals surface area contributed by atoms with Crippen molar-refractivity contribution in [3.05, 3.63) is 46.8 Å². The Morgan fingerprint density at radius 2 is 1.31 bits per heavy atom. The molecule has 4 nitrogen and oxygen atoms in total. The fraction of sp³-hybridized carbons (Fsp3) is 0.500. The maximum atomic E-state index is 10.7. The minimum absolute atomic E-state index is 0.301. The van der Waals surface area contributed by atoms with Crippen molar-refractivity contribution in [3.63, 3.8) is 0 Å². The van der Waals surface area contributed by atoms with Gasteiger partial charge in [0.05, 0.1) is 13.2 Å². The van der Waals surface area contributed by atoms with Crippen molar-refractivity contribution in [3.8, 4) is 16.9 Å². The first-order valence-electron chi connectivity index (χ1n) is 9.58. The molecular weight excluding hydrogens is 326 g/mol. The van der Waals surface area contributed by atoms with Gasteiger partial charge in [0.15, 0.2) is 0 Å². The lowest BCUT2D eigenvalue weighted by molar-refractivity contribution is 0.105. The number of phenols is 1. The third kappa shape index (κ3) is 4.63. The number of ether oxygens (including phenoxy) is 2. The van der Waals surface area contributed by atoms with Gasteiger partial charge in [-0.3, -0.25) is 4.98 Å². The van der Waals surface area contributed by atoms with Crippen LogP contribution >= 0.6 is 0 Å². The van der Waals surface area contributed by atoms with Gasteiger partial charge in [0, 0.05) is 36.7 Å². The summed E-state index contributed by atoms with van der Waals surface area (Å²) in [6.07, 6.45) is 9.50. The average molecular weight is 355 g/mol. The van der Waals surface area contributed by atoms with E-state index < -0.39 is 0 Å². The standard InChI is InChI=1S/C22H29NO3/c1-16-12-23-13-17(2)21(16)18-10-19-14-25-8-6-4-3-5-7-9-26-15-20(11-18)22(19)24/h10-13,24H,3-9,14-15H2,1-2H3. The summed E-state index contributed by atoms with van der Waals surface area (Å²) >= 11 is 0. The summed E-state index contributed by atoms with van der Waals surface area (Å²) in [5.74, 6) is 0.301. The fourth-order valence-corrected chi connectivity index (χ4v) is 3.58. The first kappa shape index (κ1) is 18.9.